The van der Waals surface area contributed by atoms with E-state index in [1.807, 2.05) is 30.5 Å². The summed E-state index contributed by atoms with van der Waals surface area (Å²) in [6.07, 6.45) is -0.332. The molecule has 1 aliphatic rings. The van der Waals surface area contributed by atoms with E-state index >= 15 is 0 Å². The lowest BCUT2D eigenvalue weighted by Gasteiger charge is -2.36. The lowest BCUT2D eigenvalue weighted by molar-refractivity contribution is -0.137. The highest BCUT2D eigenvalue weighted by atomic mass is 35.5. The van der Waals surface area contributed by atoms with Crippen molar-refractivity contribution in [3.63, 3.8) is 0 Å². The van der Waals surface area contributed by atoms with Gasteiger partial charge in [0.25, 0.3) is 0 Å². The fourth-order valence-corrected chi connectivity index (χ4v) is 4.90. The maximum Gasteiger partial charge on any atom is 0.416 e. The van der Waals surface area contributed by atoms with Crippen LogP contribution >= 0.6 is 11.6 Å². The molecule has 2 aromatic carbocycles. The summed E-state index contributed by atoms with van der Waals surface area (Å²) in [5, 5.41) is 0.718. The molecule has 0 radical (unpaired) electrons. The van der Waals surface area contributed by atoms with Gasteiger partial charge in [-0.15, -0.1) is 0 Å². The van der Waals surface area contributed by atoms with E-state index in [-0.39, 0.29) is 6.04 Å². The van der Waals surface area contributed by atoms with Crippen molar-refractivity contribution in [2.24, 2.45) is 5.92 Å². The Labute approximate surface area is 215 Å². The number of aromatic nitrogens is 1. The summed E-state index contributed by atoms with van der Waals surface area (Å²) in [7, 11) is 2.15. The van der Waals surface area contributed by atoms with Crippen LogP contribution in [0.2, 0.25) is 5.02 Å². The van der Waals surface area contributed by atoms with E-state index in [4.69, 9.17) is 16.3 Å². The number of hydrogen-bond acceptors (Lipinski definition) is 4. The fourth-order valence-electron chi connectivity index (χ4n) is 4.77. The number of nitrogens with zero attached hydrogens (tertiary/aromatic N) is 3. The van der Waals surface area contributed by atoms with Gasteiger partial charge in [0.05, 0.1) is 17.3 Å². The summed E-state index contributed by atoms with van der Waals surface area (Å²) >= 11 is 6.12. The zero-order chi connectivity index (χ0) is 25.5. The molecule has 2 heterocycles. The molecule has 0 N–H and O–H groups in total. The van der Waals surface area contributed by atoms with Crippen molar-refractivity contribution in [1.82, 2.24) is 14.8 Å². The maximum absolute atomic E-state index is 12.7. The number of benzene rings is 2. The Hall–Kier alpha value is -2.61. The van der Waals surface area contributed by atoms with Gasteiger partial charge >= 0.3 is 6.18 Å². The molecule has 1 atom stereocenters. The monoisotopic (exact) mass is 517 g/mol. The van der Waals surface area contributed by atoms with Gasteiger partial charge in [0, 0.05) is 24.3 Å². The Kier molecular flexibility index (Phi) is 8.88. The normalized spacial score (nSPS) is 16.3. The van der Waals surface area contributed by atoms with Gasteiger partial charge in [0.1, 0.15) is 12.4 Å². The largest absolute Gasteiger partial charge is 0.492 e. The van der Waals surface area contributed by atoms with Crippen molar-refractivity contribution in [3.05, 3.63) is 94.8 Å². The molecule has 8 heteroatoms. The van der Waals surface area contributed by atoms with Gasteiger partial charge in [-0.05, 0) is 93.0 Å². The van der Waals surface area contributed by atoms with E-state index in [2.05, 4.69) is 40.0 Å². The Morgan fingerprint density at radius 3 is 2.33 bits per heavy atom. The van der Waals surface area contributed by atoms with Crippen LogP contribution in [-0.4, -0.2) is 54.6 Å². The second-order valence-electron chi connectivity index (χ2n) is 9.30. The number of likely N-dealkylation sites (tertiary alicyclic amines) is 1. The van der Waals surface area contributed by atoms with Crippen LogP contribution in [0.15, 0.2) is 72.9 Å². The third kappa shape index (κ3) is 7.21. The van der Waals surface area contributed by atoms with E-state index in [1.54, 1.807) is 0 Å². The van der Waals surface area contributed by atoms with Crippen LogP contribution in [0.3, 0.4) is 0 Å². The smallest absolute Gasteiger partial charge is 0.416 e. The van der Waals surface area contributed by atoms with E-state index in [0.29, 0.717) is 18.3 Å². The van der Waals surface area contributed by atoms with Crippen LogP contribution in [0.25, 0.3) is 0 Å². The quantitative estimate of drug-likeness (QED) is 0.321. The number of halogens is 4. The molecule has 0 amide bonds. The average Bonchev–Trinajstić information content (AvgIpc) is 2.87. The number of ether oxygens (including phenoxy) is 1. The first-order chi connectivity index (χ1) is 17.3. The third-order valence-corrected chi connectivity index (χ3v) is 6.96. The summed E-state index contributed by atoms with van der Waals surface area (Å²) in [6.45, 7) is 4.12. The molecular weight excluding hydrogens is 487 g/mol. The van der Waals surface area contributed by atoms with Crippen LogP contribution in [0, 0.1) is 5.92 Å². The van der Waals surface area contributed by atoms with Crippen LogP contribution in [0.1, 0.15) is 35.7 Å². The second kappa shape index (κ2) is 12.1. The SMILES string of the molecule is CN(CC1CCN(CCOc2ccc(C(F)(F)F)cc2)CC1)[C@H](c1ccc(Cl)cc1)c1ccccn1. The summed E-state index contributed by atoms with van der Waals surface area (Å²) in [6, 6.07) is 18.9. The van der Waals surface area contributed by atoms with Crippen molar-refractivity contribution in [3.8, 4) is 5.75 Å². The van der Waals surface area contributed by atoms with Crippen molar-refractivity contribution >= 4 is 11.6 Å². The molecule has 1 aliphatic heterocycles. The zero-order valence-corrected chi connectivity index (χ0v) is 21.1. The highest BCUT2D eigenvalue weighted by molar-refractivity contribution is 6.30. The van der Waals surface area contributed by atoms with Gasteiger partial charge in [-0.25, -0.2) is 0 Å². The number of piperidine rings is 1. The molecule has 0 bridgehead atoms. The van der Waals surface area contributed by atoms with Crippen LogP contribution in [0.4, 0.5) is 13.2 Å². The van der Waals surface area contributed by atoms with Gasteiger partial charge in [0.15, 0.2) is 0 Å². The van der Waals surface area contributed by atoms with Crippen molar-refractivity contribution in [2.45, 2.75) is 25.1 Å². The minimum atomic E-state index is -4.33. The Morgan fingerprint density at radius 2 is 1.72 bits per heavy atom. The zero-order valence-electron chi connectivity index (χ0n) is 20.3. The van der Waals surface area contributed by atoms with Gasteiger partial charge in [0.2, 0.25) is 0 Å². The minimum Gasteiger partial charge on any atom is -0.492 e. The molecule has 0 unspecified atom stereocenters. The summed E-state index contributed by atoms with van der Waals surface area (Å²) in [5.74, 6) is 1.03. The lowest BCUT2D eigenvalue weighted by Crippen LogP contribution is -2.40. The van der Waals surface area contributed by atoms with Gasteiger partial charge in [-0.2, -0.15) is 13.2 Å². The summed E-state index contributed by atoms with van der Waals surface area (Å²) in [4.78, 5) is 9.36. The van der Waals surface area contributed by atoms with Crippen LogP contribution in [-0.2, 0) is 6.18 Å². The maximum atomic E-state index is 12.7. The highest BCUT2D eigenvalue weighted by Crippen LogP contribution is 2.31. The van der Waals surface area contributed by atoms with E-state index in [1.165, 1.54) is 17.7 Å². The summed E-state index contributed by atoms with van der Waals surface area (Å²) < 4.78 is 43.8. The molecular formula is C28H31ClF3N3O. The molecule has 1 aromatic heterocycles. The van der Waals surface area contributed by atoms with Crippen molar-refractivity contribution < 1.29 is 17.9 Å². The molecule has 0 aliphatic carbocycles. The standard InChI is InChI=1S/C28H31ClF3N3O/c1-34(27(26-4-2-3-15-33-26)22-5-9-24(29)10-6-22)20-21-13-16-35(17-14-21)18-19-36-25-11-7-23(8-12-25)28(30,31)32/h2-12,15,21,27H,13-14,16-20H2,1H3/t27-/m1/s1. The number of hydrogen-bond donors (Lipinski definition) is 0. The molecule has 4 nitrogen and oxygen atoms in total. The Morgan fingerprint density at radius 1 is 1.03 bits per heavy atom. The Balaban J connectivity index is 1.26. The lowest BCUT2D eigenvalue weighted by atomic mass is 9.94. The first-order valence-electron chi connectivity index (χ1n) is 12.2. The topological polar surface area (TPSA) is 28.6 Å². The van der Waals surface area contributed by atoms with Crippen LogP contribution < -0.4 is 4.74 Å². The molecule has 1 fully saturated rings. The van der Waals surface area contributed by atoms with Crippen molar-refractivity contribution in [2.75, 3.05) is 39.8 Å². The molecule has 1 saturated heterocycles. The predicted molar refractivity (Wildman–Crippen MR) is 136 cm³/mol. The van der Waals surface area contributed by atoms with Crippen molar-refractivity contribution in [1.29, 1.82) is 0 Å². The molecule has 4 rings (SSSR count). The Bertz CT molecular complexity index is 1070. The van der Waals surface area contributed by atoms with Gasteiger partial charge in [-0.1, -0.05) is 29.8 Å². The van der Waals surface area contributed by atoms with Crippen LogP contribution in [0.5, 0.6) is 5.75 Å². The molecule has 3 aromatic rings. The minimum absolute atomic E-state index is 0.0543. The molecule has 192 valence electrons. The number of rotatable bonds is 9. The van der Waals surface area contributed by atoms with E-state index in [9.17, 15) is 13.2 Å². The molecule has 0 spiro atoms. The molecule has 36 heavy (non-hydrogen) atoms. The highest BCUT2D eigenvalue weighted by Gasteiger charge is 2.30. The van der Waals surface area contributed by atoms with E-state index in [0.717, 1.165) is 61.9 Å². The summed E-state index contributed by atoms with van der Waals surface area (Å²) in [5.41, 5.74) is 1.52. The first-order valence-corrected chi connectivity index (χ1v) is 12.6. The first kappa shape index (κ1) is 26.5. The number of pyridine rings is 1. The predicted octanol–water partition coefficient (Wildman–Crippen LogP) is 6.57. The van der Waals surface area contributed by atoms with Gasteiger partial charge < -0.3 is 4.74 Å². The van der Waals surface area contributed by atoms with E-state index < -0.39 is 11.7 Å². The third-order valence-electron chi connectivity index (χ3n) is 6.71. The fraction of sp³-hybridized carbons (Fsp3) is 0.393. The van der Waals surface area contributed by atoms with Gasteiger partial charge in [-0.3, -0.25) is 14.8 Å². The molecule has 0 saturated carbocycles. The average molecular weight is 518 g/mol. The second-order valence-corrected chi connectivity index (χ2v) is 9.74. The number of alkyl halides is 3.